The number of nitrogens with two attached hydrogens (primary N) is 1. The van der Waals surface area contributed by atoms with Crippen molar-refractivity contribution in [1.29, 1.82) is 0 Å². The molecule has 1 aliphatic carbocycles. The molecule has 1 aromatic heterocycles. The molecule has 1 saturated heterocycles. The number of amides is 1. The number of hydrogen-bond donors (Lipinski definition) is 3. The second-order valence-electron chi connectivity index (χ2n) is 6.90. The molecule has 7 nitrogen and oxygen atoms in total. The summed E-state index contributed by atoms with van der Waals surface area (Å²) in [7, 11) is 1.79. The summed E-state index contributed by atoms with van der Waals surface area (Å²) in [4.78, 5) is 22.4. The molecule has 0 radical (unpaired) electrons. The average Bonchev–Trinajstić information content (AvgIpc) is 3.47. The van der Waals surface area contributed by atoms with Crippen LogP contribution in [0.3, 0.4) is 0 Å². The van der Waals surface area contributed by atoms with E-state index in [-0.39, 0.29) is 11.8 Å². The van der Waals surface area contributed by atoms with Crippen LogP contribution in [0.2, 0.25) is 0 Å². The van der Waals surface area contributed by atoms with E-state index in [1.54, 1.807) is 7.05 Å². The van der Waals surface area contributed by atoms with Crippen LogP contribution in [0.4, 0.5) is 5.82 Å². The van der Waals surface area contributed by atoms with E-state index in [9.17, 15) is 4.79 Å². The maximum Gasteiger partial charge on any atom is 0.220 e. The van der Waals surface area contributed by atoms with Crippen molar-refractivity contribution in [3.8, 4) is 0 Å². The number of carbonyl (C=O) groups excluding carboxylic acids is 1. The summed E-state index contributed by atoms with van der Waals surface area (Å²) >= 11 is 0. The van der Waals surface area contributed by atoms with Crippen LogP contribution < -0.4 is 21.3 Å². The first-order valence-electron chi connectivity index (χ1n) is 9.10. The van der Waals surface area contributed by atoms with E-state index in [0.29, 0.717) is 6.54 Å². The maximum absolute atomic E-state index is 11.3. The SMILES string of the molecule is CN=C(NCc1cccnc1N1CCC(C(N)=O)CC1)NCC1CC1. The van der Waals surface area contributed by atoms with Crippen molar-refractivity contribution in [2.24, 2.45) is 22.6 Å². The van der Waals surface area contributed by atoms with Gasteiger partial charge in [-0.3, -0.25) is 9.79 Å². The number of rotatable bonds is 6. The van der Waals surface area contributed by atoms with Crippen molar-refractivity contribution >= 4 is 17.7 Å². The van der Waals surface area contributed by atoms with Crippen LogP contribution in [-0.2, 0) is 11.3 Å². The number of nitrogens with zero attached hydrogens (tertiary/aromatic N) is 3. The predicted molar refractivity (Wildman–Crippen MR) is 99.3 cm³/mol. The zero-order chi connectivity index (χ0) is 17.6. The summed E-state index contributed by atoms with van der Waals surface area (Å²) in [6, 6.07) is 4.04. The second-order valence-corrected chi connectivity index (χ2v) is 6.90. The molecule has 0 spiro atoms. The molecule has 25 heavy (non-hydrogen) atoms. The van der Waals surface area contributed by atoms with E-state index >= 15 is 0 Å². The third kappa shape index (κ3) is 4.84. The number of piperidine rings is 1. The summed E-state index contributed by atoms with van der Waals surface area (Å²) in [5.41, 5.74) is 6.56. The molecule has 0 aromatic carbocycles. The lowest BCUT2D eigenvalue weighted by Crippen LogP contribution is -2.40. The molecule has 0 unspecified atom stereocenters. The Kier molecular flexibility index (Phi) is 5.73. The van der Waals surface area contributed by atoms with Crippen LogP contribution in [0.25, 0.3) is 0 Å². The Bertz CT molecular complexity index is 620. The summed E-state index contributed by atoms with van der Waals surface area (Å²) in [5, 5.41) is 6.75. The quantitative estimate of drug-likeness (QED) is 0.525. The lowest BCUT2D eigenvalue weighted by atomic mass is 9.96. The van der Waals surface area contributed by atoms with E-state index in [1.807, 2.05) is 12.3 Å². The fraction of sp³-hybridized carbons (Fsp3) is 0.611. The molecule has 2 fully saturated rings. The van der Waals surface area contributed by atoms with Crippen molar-refractivity contribution in [3.63, 3.8) is 0 Å². The van der Waals surface area contributed by atoms with E-state index in [1.165, 1.54) is 12.8 Å². The van der Waals surface area contributed by atoms with Crippen molar-refractivity contribution in [2.45, 2.75) is 32.2 Å². The number of pyridine rings is 1. The van der Waals surface area contributed by atoms with Crippen LogP contribution in [0, 0.1) is 11.8 Å². The number of hydrogen-bond acceptors (Lipinski definition) is 4. The third-order valence-electron chi connectivity index (χ3n) is 4.99. The predicted octanol–water partition coefficient (Wildman–Crippen LogP) is 0.858. The van der Waals surface area contributed by atoms with Crippen LogP contribution >= 0.6 is 0 Å². The molecule has 1 aromatic rings. The van der Waals surface area contributed by atoms with E-state index in [4.69, 9.17) is 5.73 Å². The van der Waals surface area contributed by atoms with Gasteiger partial charge in [-0.05, 0) is 37.7 Å². The van der Waals surface area contributed by atoms with Gasteiger partial charge < -0.3 is 21.3 Å². The Morgan fingerprint density at radius 1 is 1.32 bits per heavy atom. The summed E-state index contributed by atoms with van der Waals surface area (Å²) in [5.74, 6) is 2.42. The molecule has 0 atom stereocenters. The molecule has 0 bridgehead atoms. The largest absolute Gasteiger partial charge is 0.369 e. The highest BCUT2D eigenvalue weighted by Gasteiger charge is 2.25. The van der Waals surface area contributed by atoms with Gasteiger partial charge in [0, 0.05) is 50.9 Å². The lowest BCUT2D eigenvalue weighted by molar-refractivity contribution is -0.122. The van der Waals surface area contributed by atoms with Gasteiger partial charge in [-0.25, -0.2) is 4.98 Å². The second kappa shape index (κ2) is 8.18. The highest BCUT2D eigenvalue weighted by Crippen LogP contribution is 2.27. The Hall–Kier alpha value is -2.31. The maximum atomic E-state index is 11.3. The Morgan fingerprint density at radius 3 is 2.72 bits per heavy atom. The molecular formula is C18H28N6O. The molecule has 1 amide bonds. The minimum atomic E-state index is -0.187. The zero-order valence-electron chi connectivity index (χ0n) is 14.9. The van der Waals surface area contributed by atoms with Crippen LogP contribution in [0.5, 0.6) is 0 Å². The van der Waals surface area contributed by atoms with Crippen molar-refractivity contribution in [2.75, 3.05) is 31.6 Å². The first kappa shape index (κ1) is 17.5. The molecule has 7 heteroatoms. The summed E-state index contributed by atoms with van der Waals surface area (Å²) in [6.45, 7) is 3.28. The molecule has 136 valence electrons. The van der Waals surface area contributed by atoms with E-state index in [2.05, 4.69) is 31.6 Å². The van der Waals surface area contributed by atoms with Gasteiger partial charge in [-0.15, -0.1) is 0 Å². The molecule has 1 aliphatic heterocycles. The molecule has 4 N–H and O–H groups in total. The zero-order valence-corrected chi connectivity index (χ0v) is 14.9. The van der Waals surface area contributed by atoms with E-state index in [0.717, 1.165) is 55.7 Å². The van der Waals surface area contributed by atoms with Crippen LogP contribution in [-0.4, -0.2) is 43.5 Å². The van der Waals surface area contributed by atoms with Gasteiger partial charge in [0.1, 0.15) is 5.82 Å². The molecule has 1 saturated carbocycles. The van der Waals surface area contributed by atoms with Gasteiger partial charge >= 0.3 is 0 Å². The summed E-state index contributed by atoms with van der Waals surface area (Å²) < 4.78 is 0. The van der Waals surface area contributed by atoms with Gasteiger partial charge in [0.15, 0.2) is 5.96 Å². The first-order valence-corrected chi connectivity index (χ1v) is 9.10. The van der Waals surface area contributed by atoms with Gasteiger partial charge in [-0.1, -0.05) is 6.07 Å². The normalized spacial score (nSPS) is 18.9. The fourth-order valence-corrected chi connectivity index (χ4v) is 3.19. The van der Waals surface area contributed by atoms with Crippen LogP contribution in [0.15, 0.2) is 23.3 Å². The number of aromatic nitrogens is 1. The molecular weight excluding hydrogens is 316 g/mol. The number of primary amides is 1. The number of carbonyl (C=O) groups is 1. The van der Waals surface area contributed by atoms with Crippen molar-refractivity contribution in [1.82, 2.24) is 15.6 Å². The highest BCUT2D eigenvalue weighted by atomic mass is 16.1. The standard InChI is InChI=1S/C18H28N6O/c1-20-18(22-11-13-4-5-13)23-12-15-3-2-8-21-17(15)24-9-6-14(7-10-24)16(19)25/h2-3,8,13-14H,4-7,9-12H2,1H3,(H2,19,25)(H2,20,22,23). The number of guanidine groups is 1. The number of anilines is 1. The lowest BCUT2D eigenvalue weighted by Gasteiger charge is -2.32. The highest BCUT2D eigenvalue weighted by molar-refractivity contribution is 5.79. The average molecular weight is 344 g/mol. The van der Waals surface area contributed by atoms with Crippen molar-refractivity contribution in [3.05, 3.63) is 23.9 Å². The Morgan fingerprint density at radius 2 is 2.08 bits per heavy atom. The Labute approximate surface area is 149 Å². The monoisotopic (exact) mass is 344 g/mol. The minimum absolute atomic E-state index is 0.00742. The van der Waals surface area contributed by atoms with Gasteiger partial charge in [-0.2, -0.15) is 0 Å². The Balaban J connectivity index is 1.57. The topological polar surface area (TPSA) is 95.6 Å². The molecule has 3 rings (SSSR count). The molecule has 2 aliphatic rings. The minimum Gasteiger partial charge on any atom is -0.369 e. The van der Waals surface area contributed by atoms with Gasteiger partial charge in [0.2, 0.25) is 5.91 Å². The first-order chi connectivity index (χ1) is 12.2. The molecule has 2 heterocycles. The smallest absolute Gasteiger partial charge is 0.220 e. The van der Waals surface area contributed by atoms with Crippen LogP contribution in [0.1, 0.15) is 31.2 Å². The summed E-state index contributed by atoms with van der Waals surface area (Å²) in [6.07, 6.45) is 6.04. The van der Waals surface area contributed by atoms with Gasteiger partial charge in [0.25, 0.3) is 0 Å². The number of nitrogens with one attached hydrogen (secondary N) is 2. The number of aliphatic imine (C=N–C) groups is 1. The fourth-order valence-electron chi connectivity index (χ4n) is 3.19. The third-order valence-corrected chi connectivity index (χ3v) is 4.99. The van der Waals surface area contributed by atoms with Gasteiger partial charge in [0.05, 0.1) is 0 Å². The van der Waals surface area contributed by atoms with Crippen molar-refractivity contribution < 1.29 is 4.79 Å². The van der Waals surface area contributed by atoms with E-state index < -0.39 is 0 Å².